The van der Waals surface area contributed by atoms with Gasteiger partial charge in [-0.15, -0.1) is 0 Å². The molecule has 1 unspecified atom stereocenters. The van der Waals surface area contributed by atoms with Crippen molar-refractivity contribution in [2.75, 3.05) is 13.7 Å². The minimum Gasteiger partial charge on any atom is -0.469 e. The molecule has 0 aliphatic heterocycles. The maximum atomic E-state index is 13.8. The fraction of sp³-hybridized carbons (Fsp3) is 0.565. The molecule has 5 atom stereocenters. The van der Waals surface area contributed by atoms with E-state index in [1.165, 1.54) is 14.0 Å². The predicted octanol–water partition coefficient (Wildman–Crippen LogP) is 2.42. The summed E-state index contributed by atoms with van der Waals surface area (Å²) in [5.41, 5.74) is 0.793. The van der Waals surface area contributed by atoms with Crippen LogP contribution in [-0.4, -0.2) is 56.2 Å². The Morgan fingerprint density at radius 2 is 1.82 bits per heavy atom. The van der Waals surface area contributed by atoms with Crippen LogP contribution >= 0.6 is 0 Å². The van der Waals surface area contributed by atoms with Crippen molar-refractivity contribution in [3.8, 4) is 0 Å². The number of carbonyl (C=O) groups is 4. The lowest BCUT2D eigenvalue weighted by Gasteiger charge is -2.27. The molecule has 0 aromatic heterocycles. The van der Waals surface area contributed by atoms with Gasteiger partial charge in [-0.05, 0) is 18.4 Å². The van der Waals surface area contributed by atoms with E-state index in [1.807, 2.05) is 18.2 Å². The second kappa shape index (κ2) is 13.4. The Morgan fingerprint density at radius 3 is 2.44 bits per heavy atom. The fourth-order valence-corrected chi connectivity index (χ4v) is 3.93. The van der Waals surface area contributed by atoms with Crippen LogP contribution in [0.15, 0.2) is 30.3 Å². The van der Waals surface area contributed by atoms with E-state index in [2.05, 4.69) is 16.0 Å². The summed E-state index contributed by atoms with van der Waals surface area (Å²) < 4.78 is 28.6. The van der Waals surface area contributed by atoms with Gasteiger partial charge in [-0.25, -0.2) is 14.0 Å². The normalized spacial score (nSPS) is 22.2. The molecule has 0 saturated heterocycles. The highest BCUT2D eigenvalue weighted by Crippen LogP contribution is 2.33. The molecule has 188 valence electrons. The van der Waals surface area contributed by atoms with Crippen LogP contribution in [0.3, 0.4) is 0 Å². The third kappa shape index (κ3) is 8.20. The van der Waals surface area contributed by atoms with Gasteiger partial charge in [0.05, 0.1) is 19.1 Å². The third-order valence-electron chi connectivity index (χ3n) is 5.56. The first kappa shape index (κ1) is 26.9. The van der Waals surface area contributed by atoms with Crippen LogP contribution in [0.2, 0.25) is 0 Å². The Hall–Kier alpha value is -3.37. The quantitative estimate of drug-likeness (QED) is 0.345. The van der Waals surface area contributed by atoms with Gasteiger partial charge in [-0.3, -0.25) is 9.59 Å². The Kier molecular flexibility index (Phi) is 10.6. The number of rotatable bonds is 10. The molecule has 0 radical (unpaired) electrons. The average Bonchev–Trinajstić information content (AvgIpc) is 3.12. The summed E-state index contributed by atoms with van der Waals surface area (Å²) in [6, 6.07) is 7.54. The highest BCUT2D eigenvalue weighted by Gasteiger charge is 2.49. The molecule has 3 amide bonds. The molecular weight excluding hydrogens is 449 g/mol. The molecule has 1 aromatic rings. The number of ether oxygens (including phenoxy) is 3. The van der Waals surface area contributed by atoms with Crippen LogP contribution in [0, 0.1) is 11.8 Å². The smallest absolute Gasteiger partial charge is 0.409 e. The number of esters is 1. The molecule has 1 saturated carbocycles. The van der Waals surface area contributed by atoms with Crippen LogP contribution in [0.5, 0.6) is 0 Å². The molecular formula is C23H32FN3O7. The van der Waals surface area contributed by atoms with E-state index in [-0.39, 0.29) is 31.9 Å². The molecule has 0 heterocycles. The van der Waals surface area contributed by atoms with Gasteiger partial charge >= 0.3 is 18.2 Å². The summed E-state index contributed by atoms with van der Waals surface area (Å²) in [6.07, 6.45) is -2.94. The second-order valence-electron chi connectivity index (χ2n) is 8.05. The van der Waals surface area contributed by atoms with Crippen LogP contribution in [-0.2, 0) is 30.4 Å². The van der Waals surface area contributed by atoms with Gasteiger partial charge in [-0.2, -0.15) is 0 Å². The van der Waals surface area contributed by atoms with E-state index in [0.717, 1.165) is 5.56 Å². The zero-order chi connectivity index (χ0) is 25.1. The monoisotopic (exact) mass is 481 g/mol. The van der Waals surface area contributed by atoms with Gasteiger partial charge in [0.15, 0.2) is 0 Å². The first-order valence-electron chi connectivity index (χ1n) is 11.2. The zero-order valence-corrected chi connectivity index (χ0v) is 19.5. The highest BCUT2D eigenvalue weighted by atomic mass is 19.1. The van der Waals surface area contributed by atoms with Gasteiger partial charge in [-0.1, -0.05) is 37.3 Å². The standard InChI is InChI=1S/C23H32FN3O7/c1-4-8-19(24)34-23(31)27-20-16(21(29)32-3)11-18(17(20)12-25-14(2)28)26-22(30)33-13-15-9-6-5-7-10-15/h5-7,9-10,16-20H,4,8,11-13H2,1-3H3,(H,25,28)(H,26,30)(H,27,31)/t16-,17-,18+,19?,20+/m0/s1. The number of nitrogens with one attached hydrogen (secondary N) is 3. The van der Waals surface area contributed by atoms with E-state index in [4.69, 9.17) is 14.2 Å². The van der Waals surface area contributed by atoms with Gasteiger partial charge in [0.25, 0.3) is 0 Å². The molecule has 1 fully saturated rings. The van der Waals surface area contributed by atoms with Crippen molar-refractivity contribution in [1.82, 2.24) is 16.0 Å². The molecule has 0 spiro atoms. The molecule has 1 aliphatic carbocycles. The molecule has 11 heteroatoms. The number of hydrogen-bond acceptors (Lipinski definition) is 7. The third-order valence-corrected chi connectivity index (χ3v) is 5.56. The van der Waals surface area contributed by atoms with Crippen LogP contribution in [0.1, 0.15) is 38.7 Å². The Morgan fingerprint density at radius 1 is 1.12 bits per heavy atom. The van der Waals surface area contributed by atoms with Crippen LogP contribution < -0.4 is 16.0 Å². The first-order valence-corrected chi connectivity index (χ1v) is 11.2. The number of benzene rings is 1. The molecule has 0 bridgehead atoms. The van der Waals surface area contributed by atoms with E-state index in [1.54, 1.807) is 19.1 Å². The largest absolute Gasteiger partial charge is 0.469 e. The van der Waals surface area contributed by atoms with E-state index < -0.39 is 48.4 Å². The van der Waals surface area contributed by atoms with Gasteiger partial charge < -0.3 is 30.2 Å². The van der Waals surface area contributed by atoms with Crippen molar-refractivity contribution in [3.05, 3.63) is 35.9 Å². The van der Waals surface area contributed by atoms with Crippen molar-refractivity contribution >= 4 is 24.1 Å². The number of alkyl carbamates (subject to hydrolysis) is 2. The number of alkyl halides is 1. The molecule has 1 aromatic carbocycles. The predicted molar refractivity (Wildman–Crippen MR) is 119 cm³/mol. The molecule has 10 nitrogen and oxygen atoms in total. The van der Waals surface area contributed by atoms with Gasteiger partial charge in [0, 0.05) is 31.8 Å². The average molecular weight is 482 g/mol. The zero-order valence-electron chi connectivity index (χ0n) is 19.5. The fourth-order valence-electron chi connectivity index (χ4n) is 3.93. The van der Waals surface area contributed by atoms with Crippen molar-refractivity contribution in [2.45, 2.75) is 58.2 Å². The first-order chi connectivity index (χ1) is 16.2. The lowest BCUT2D eigenvalue weighted by molar-refractivity contribution is -0.146. The summed E-state index contributed by atoms with van der Waals surface area (Å²) >= 11 is 0. The van der Waals surface area contributed by atoms with Crippen molar-refractivity contribution < 1.29 is 37.8 Å². The number of hydrogen-bond donors (Lipinski definition) is 3. The summed E-state index contributed by atoms with van der Waals surface area (Å²) in [5, 5.41) is 7.87. The Bertz CT molecular complexity index is 839. The van der Waals surface area contributed by atoms with Crippen molar-refractivity contribution in [1.29, 1.82) is 0 Å². The lowest BCUT2D eigenvalue weighted by atomic mass is 9.96. The molecule has 3 N–H and O–H groups in total. The maximum absolute atomic E-state index is 13.8. The minimum absolute atomic E-state index is 0.0330. The molecule has 2 rings (SSSR count). The Labute approximate surface area is 197 Å². The number of carbonyl (C=O) groups excluding carboxylic acids is 4. The molecule has 1 aliphatic rings. The molecule has 34 heavy (non-hydrogen) atoms. The van der Waals surface area contributed by atoms with Gasteiger partial charge in [0.2, 0.25) is 12.3 Å². The number of amides is 3. The van der Waals surface area contributed by atoms with Crippen molar-refractivity contribution in [3.63, 3.8) is 0 Å². The summed E-state index contributed by atoms with van der Waals surface area (Å²) in [6.45, 7) is 3.14. The highest BCUT2D eigenvalue weighted by molar-refractivity contribution is 5.77. The summed E-state index contributed by atoms with van der Waals surface area (Å²) in [7, 11) is 1.20. The minimum atomic E-state index is -1.79. The summed E-state index contributed by atoms with van der Waals surface area (Å²) in [5.74, 6) is -2.43. The SMILES string of the molecule is CCCC(F)OC(=O)N[C@H]1[C@@H](CNC(C)=O)[C@H](NC(=O)OCc2ccccc2)C[C@@H]1C(=O)OC. The maximum Gasteiger partial charge on any atom is 0.409 e. The van der Waals surface area contributed by atoms with E-state index >= 15 is 0 Å². The second-order valence-corrected chi connectivity index (χ2v) is 8.05. The number of halogens is 1. The lowest BCUT2D eigenvalue weighted by Crippen LogP contribution is -2.51. The summed E-state index contributed by atoms with van der Waals surface area (Å²) in [4.78, 5) is 48.7. The van der Waals surface area contributed by atoms with E-state index in [9.17, 15) is 23.6 Å². The van der Waals surface area contributed by atoms with Crippen LogP contribution in [0.4, 0.5) is 14.0 Å². The number of methoxy groups -OCH3 is 1. The van der Waals surface area contributed by atoms with Crippen LogP contribution in [0.25, 0.3) is 0 Å². The van der Waals surface area contributed by atoms with E-state index in [0.29, 0.717) is 6.42 Å². The topological polar surface area (TPSA) is 132 Å². The van der Waals surface area contributed by atoms with Gasteiger partial charge in [0.1, 0.15) is 6.61 Å². The Balaban J connectivity index is 2.13. The van der Waals surface area contributed by atoms with Crippen molar-refractivity contribution in [2.24, 2.45) is 11.8 Å².